The van der Waals surface area contributed by atoms with Gasteiger partial charge in [0.05, 0.1) is 23.4 Å². The van der Waals surface area contributed by atoms with Crippen LogP contribution >= 0.6 is 11.3 Å². The number of ether oxygens (including phenoxy) is 1. The fraction of sp³-hybridized carbons (Fsp3) is 0.778. The molecule has 0 aromatic carbocycles. The minimum Gasteiger partial charge on any atom is -0.378 e. The van der Waals surface area contributed by atoms with E-state index in [1.165, 1.54) is 30.6 Å². The van der Waals surface area contributed by atoms with Gasteiger partial charge in [-0.3, -0.25) is 4.99 Å². The van der Waals surface area contributed by atoms with Crippen LogP contribution in [-0.2, 0) is 11.3 Å². The highest BCUT2D eigenvalue weighted by Crippen LogP contribution is 2.54. The topological polar surface area (TPSA) is 58.5 Å². The first-order chi connectivity index (χ1) is 11.6. The van der Waals surface area contributed by atoms with E-state index in [9.17, 15) is 0 Å². The van der Waals surface area contributed by atoms with Crippen molar-refractivity contribution in [3.63, 3.8) is 0 Å². The second kappa shape index (κ2) is 7.40. The molecule has 24 heavy (non-hydrogen) atoms. The fourth-order valence-corrected chi connectivity index (χ4v) is 5.23. The maximum Gasteiger partial charge on any atom is 0.191 e. The molecule has 2 saturated carbocycles. The molecule has 2 aliphatic rings. The molecular weight excluding hydrogens is 320 g/mol. The van der Waals surface area contributed by atoms with Crippen molar-refractivity contribution in [1.82, 2.24) is 15.6 Å². The Labute approximate surface area is 149 Å². The molecule has 6 heteroatoms. The van der Waals surface area contributed by atoms with Crippen molar-refractivity contribution in [2.24, 2.45) is 10.4 Å². The van der Waals surface area contributed by atoms with E-state index in [1.807, 2.05) is 7.05 Å². The second-order valence-corrected chi connectivity index (χ2v) is 8.27. The van der Waals surface area contributed by atoms with Crippen molar-refractivity contribution in [3.05, 3.63) is 15.6 Å². The Morgan fingerprint density at radius 2 is 2.12 bits per heavy atom. The van der Waals surface area contributed by atoms with Crippen LogP contribution in [0, 0.1) is 19.3 Å². The Hall–Kier alpha value is -1.14. The van der Waals surface area contributed by atoms with Crippen LogP contribution in [0.4, 0.5) is 0 Å². The maximum absolute atomic E-state index is 6.00. The van der Waals surface area contributed by atoms with Crippen molar-refractivity contribution in [3.8, 4) is 0 Å². The first-order valence-corrected chi connectivity index (χ1v) is 9.92. The summed E-state index contributed by atoms with van der Waals surface area (Å²) in [6.07, 6.45) is 6.72. The Balaban J connectivity index is 1.58. The van der Waals surface area contributed by atoms with Gasteiger partial charge in [-0.25, -0.2) is 4.98 Å². The van der Waals surface area contributed by atoms with Gasteiger partial charge < -0.3 is 15.4 Å². The highest BCUT2D eigenvalue weighted by atomic mass is 32.1. The van der Waals surface area contributed by atoms with Gasteiger partial charge in [-0.2, -0.15) is 0 Å². The number of aliphatic imine (C=N–C) groups is 1. The molecular formula is C18H30N4OS. The van der Waals surface area contributed by atoms with Gasteiger partial charge in [0.25, 0.3) is 0 Å². The zero-order valence-electron chi connectivity index (χ0n) is 15.3. The number of nitrogens with one attached hydrogen (secondary N) is 2. The molecule has 1 aromatic heterocycles. The quantitative estimate of drug-likeness (QED) is 0.633. The fourth-order valence-electron chi connectivity index (χ4n) is 4.35. The summed E-state index contributed by atoms with van der Waals surface area (Å²) in [5, 5.41) is 8.25. The average molecular weight is 351 g/mol. The van der Waals surface area contributed by atoms with E-state index < -0.39 is 0 Å². The zero-order valence-corrected chi connectivity index (χ0v) is 16.1. The van der Waals surface area contributed by atoms with Crippen molar-refractivity contribution >= 4 is 17.3 Å². The summed E-state index contributed by atoms with van der Waals surface area (Å²) < 4.78 is 6.00. The standard InChI is InChI=1S/C18H30N4OS/c1-5-23-16-10-15(18(16)8-6-7-9-18)22-17(19-4)20-11-14-12(2)21-13(3)24-14/h15-16H,5-11H2,1-4H3,(H2,19,20,22). The number of hydrogen-bond donors (Lipinski definition) is 2. The summed E-state index contributed by atoms with van der Waals surface area (Å²) in [6, 6.07) is 0.479. The van der Waals surface area contributed by atoms with Gasteiger partial charge in [0, 0.05) is 30.0 Å². The van der Waals surface area contributed by atoms with E-state index in [-0.39, 0.29) is 0 Å². The van der Waals surface area contributed by atoms with Crippen molar-refractivity contribution in [2.75, 3.05) is 13.7 Å². The predicted molar refractivity (Wildman–Crippen MR) is 99.6 cm³/mol. The molecule has 0 radical (unpaired) electrons. The Morgan fingerprint density at radius 1 is 1.38 bits per heavy atom. The van der Waals surface area contributed by atoms with Crippen molar-refractivity contribution in [2.45, 2.75) is 71.6 Å². The van der Waals surface area contributed by atoms with Crippen LogP contribution in [0.1, 0.15) is 54.6 Å². The van der Waals surface area contributed by atoms with E-state index >= 15 is 0 Å². The number of thiazole rings is 1. The van der Waals surface area contributed by atoms with Gasteiger partial charge in [-0.05, 0) is 40.0 Å². The van der Waals surface area contributed by atoms with E-state index in [4.69, 9.17) is 4.74 Å². The third kappa shape index (κ3) is 3.31. The van der Waals surface area contributed by atoms with Gasteiger partial charge in [-0.15, -0.1) is 11.3 Å². The number of aryl methyl sites for hydroxylation is 2. The molecule has 0 amide bonds. The van der Waals surface area contributed by atoms with Crippen LogP contribution in [-0.4, -0.2) is 36.7 Å². The summed E-state index contributed by atoms with van der Waals surface area (Å²) >= 11 is 1.75. The largest absolute Gasteiger partial charge is 0.378 e. The molecule has 0 saturated heterocycles. The summed E-state index contributed by atoms with van der Waals surface area (Å²) in [5.74, 6) is 0.895. The molecule has 1 aromatic rings. The SMILES string of the molecule is CCOC1CC(NC(=NC)NCc2sc(C)nc2C)C12CCCC2. The lowest BCUT2D eigenvalue weighted by molar-refractivity contribution is -0.125. The summed E-state index contributed by atoms with van der Waals surface area (Å²) in [5.41, 5.74) is 1.44. The van der Waals surface area contributed by atoms with Gasteiger partial charge in [-0.1, -0.05) is 12.8 Å². The third-order valence-electron chi connectivity index (χ3n) is 5.64. The second-order valence-electron chi connectivity index (χ2n) is 6.98. The number of rotatable bonds is 5. The monoisotopic (exact) mass is 350 g/mol. The number of nitrogens with zero attached hydrogens (tertiary/aromatic N) is 2. The molecule has 0 bridgehead atoms. The van der Waals surface area contributed by atoms with Crippen molar-refractivity contribution < 1.29 is 4.74 Å². The number of aromatic nitrogens is 1. The van der Waals surface area contributed by atoms with Crippen LogP contribution in [0.5, 0.6) is 0 Å². The first-order valence-electron chi connectivity index (χ1n) is 9.10. The lowest BCUT2D eigenvalue weighted by Crippen LogP contribution is -2.65. The lowest BCUT2D eigenvalue weighted by atomic mass is 9.60. The number of hydrogen-bond acceptors (Lipinski definition) is 4. The van der Waals surface area contributed by atoms with E-state index in [2.05, 4.69) is 41.4 Å². The molecule has 3 rings (SSSR count). The van der Waals surface area contributed by atoms with Crippen LogP contribution in [0.25, 0.3) is 0 Å². The Bertz CT molecular complexity index is 592. The minimum atomic E-state index is 0.324. The molecule has 134 valence electrons. The summed E-state index contributed by atoms with van der Waals surface area (Å²) in [6.45, 7) is 7.83. The average Bonchev–Trinajstić information content (AvgIpc) is 3.18. The number of guanidine groups is 1. The van der Waals surface area contributed by atoms with Crippen LogP contribution in [0.3, 0.4) is 0 Å². The van der Waals surface area contributed by atoms with E-state index in [0.717, 1.165) is 36.2 Å². The van der Waals surface area contributed by atoms with Gasteiger partial charge >= 0.3 is 0 Å². The van der Waals surface area contributed by atoms with E-state index in [0.29, 0.717) is 17.6 Å². The molecule has 0 aliphatic heterocycles. The summed E-state index contributed by atoms with van der Waals surface area (Å²) in [7, 11) is 1.85. The van der Waals surface area contributed by atoms with Gasteiger partial charge in [0.1, 0.15) is 0 Å². The van der Waals surface area contributed by atoms with Gasteiger partial charge in [0.15, 0.2) is 5.96 Å². The molecule has 1 heterocycles. The van der Waals surface area contributed by atoms with Crippen LogP contribution < -0.4 is 10.6 Å². The van der Waals surface area contributed by atoms with Crippen LogP contribution in [0.2, 0.25) is 0 Å². The lowest BCUT2D eigenvalue weighted by Gasteiger charge is -2.54. The molecule has 2 aliphatic carbocycles. The Morgan fingerprint density at radius 3 is 2.71 bits per heavy atom. The maximum atomic E-state index is 6.00. The highest BCUT2D eigenvalue weighted by molar-refractivity contribution is 7.11. The molecule has 5 nitrogen and oxygen atoms in total. The Kier molecular flexibility index (Phi) is 5.45. The van der Waals surface area contributed by atoms with E-state index in [1.54, 1.807) is 11.3 Å². The third-order valence-corrected chi connectivity index (χ3v) is 6.71. The van der Waals surface area contributed by atoms with Crippen LogP contribution in [0.15, 0.2) is 4.99 Å². The molecule has 2 atom stereocenters. The highest BCUT2D eigenvalue weighted by Gasteiger charge is 2.56. The minimum absolute atomic E-state index is 0.324. The van der Waals surface area contributed by atoms with Crippen molar-refractivity contribution in [1.29, 1.82) is 0 Å². The molecule has 2 N–H and O–H groups in total. The normalized spacial score (nSPS) is 25.8. The molecule has 1 spiro atoms. The summed E-state index contributed by atoms with van der Waals surface area (Å²) in [4.78, 5) is 10.2. The van der Waals surface area contributed by atoms with Gasteiger partial charge in [0.2, 0.25) is 0 Å². The first kappa shape index (κ1) is 17.7. The predicted octanol–water partition coefficient (Wildman–Crippen LogP) is 3.16. The smallest absolute Gasteiger partial charge is 0.191 e. The zero-order chi connectivity index (χ0) is 17.2. The molecule has 2 unspecified atom stereocenters. The molecule has 2 fully saturated rings.